The Kier molecular flexibility index (Phi) is 3.09. The van der Waals surface area contributed by atoms with Crippen LogP contribution < -0.4 is 0 Å². The summed E-state index contributed by atoms with van der Waals surface area (Å²) in [6.45, 7) is 2.27. The topological polar surface area (TPSA) is 0 Å². The second-order valence-electron chi connectivity index (χ2n) is 5.46. The largest absolute Gasteiger partial charge is 0.204 e. The normalized spacial score (nSPS) is 18.2. The molecular formula is C17H16F2. The summed E-state index contributed by atoms with van der Waals surface area (Å²) in [5.74, 6) is -0.846. The maximum absolute atomic E-state index is 13.3. The van der Waals surface area contributed by atoms with E-state index < -0.39 is 11.6 Å². The van der Waals surface area contributed by atoms with Crippen LogP contribution in [0.4, 0.5) is 8.78 Å². The number of hydrogen-bond acceptors (Lipinski definition) is 0. The van der Waals surface area contributed by atoms with Crippen LogP contribution in [0.3, 0.4) is 0 Å². The SMILES string of the molecule is CC1CCc2cc(-c3ccc(F)c(F)c3)ccc2C1. The third kappa shape index (κ3) is 2.40. The molecule has 98 valence electrons. The van der Waals surface area contributed by atoms with E-state index in [9.17, 15) is 8.78 Å². The zero-order valence-corrected chi connectivity index (χ0v) is 10.9. The molecule has 0 heterocycles. The average Bonchev–Trinajstić information content (AvgIpc) is 2.41. The van der Waals surface area contributed by atoms with E-state index in [1.54, 1.807) is 6.07 Å². The first-order valence-corrected chi connectivity index (χ1v) is 6.70. The van der Waals surface area contributed by atoms with Crippen LogP contribution in [0, 0.1) is 17.6 Å². The number of halogens is 2. The highest BCUT2D eigenvalue weighted by molar-refractivity contribution is 5.65. The van der Waals surface area contributed by atoms with Crippen LogP contribution in [0.25, 0.3) is 11.1 Å². The Hall–Kier alpha value is -1.70. The fourth-order valence-corrected chi connectivity index (χ4v) is 2.79. The Morgan fingerprint density at radius 3 is 2.42 bits per heavy atom. The first kappa shape index (κ1) is 12.3. The fraction of sp³-hybridized carbons (Fsp3) is 0.294. The summed E-state index contributed by atoms with van der Waals surface area (Å²) < 4.78 is 26.2. The van der Waals surface area contributed by atoms with Crippen molar-refractivity contribution in [3.05, 3.63) is 59.2 Å². The minimum atomic E-state index is -0.796. The molecule has 0 radical (unpaired) electrons. The summed E-state index contributed by atoms with van der Waals surface area (Å²) in [5.41, 5.74) is 4.44. The first-order valence-electron chi connectivity index (χ1n) is 6.70. The van der Waals surface area contributed by atoms with Crippen LogP contribution in [0.1, 0.15) is 24.5 Å². The van der Waals surface area contributed by atoms with E-state index in [0.717, 1.165) is 29.9 Å². The lowest BCUT2D eigenvalue weighted by atomic mass is 9.83. The molecule has 1 unspecified atom stereocenters. The van der Waals surface area contributed by atoms with Crippen molar-refractivity contribution in [2.45, 2.75) is 26.2 Å². The van der Waals surface area contributed by atoms with Gasteiger partial charge in [0.05, 0.1) is 0 Å². The van der Waals surface area contributed by atoms with Crippen LogP contribution in [0.5, 0.6) is 0 Å². The Morgan fingerprint density at radius 2 is 1.63 bits per heavy atom. The van der Waals surface area contributed by atoms with Gasteiger partial charge in [-0.1, -0.05) is 31.2 Å². The number of aryl methyl sites for hydroxylation is 1. The molecule has 1 aliphatic rings. The van der Waals surface area contributed by atoms with Crippen LogP contribution in [0.2, 0.25) is 0 Å². The van der Waals surface area contributed by atoms with Crippen molar-refractivity contribution in [3.8, 4) is 11.1 Å². The smallest absolute Gasteiger partial charge is 0.159 e. The van der Waals surface area contributed by atoms with E-state index in [-0.39, 0.29) is 0 Å². The Balaban J connectivity index is 2.00. The highest BCUT2D eigenvalue weighted by Gasteiger charge is 2.15. The molecule has 0 amide bonds. The van der Waals surface area contributed by atoms with Crippen molar-refractivity contribution < 1.29 is 8.78 Å². The van der Waals surface area contributed by atoms with Gasteiger partial charge in [0.2, 0.25) is 0 Å². The lowest BCUT2D eigenvalue weighted by molar-refractivity contribution is 0.501. The van der Waals surface area contributed by atoms with Crippen molar-refractivity contribution in [1.82, 2.24) is 0 Å². The Labute approximate surface area is 112 Å². The molecule has 1 aliphatic carbocycles. The maximum atomic E-state index is 13.3. The molecule has 0 fully saturated rings. The zero-order valence-electron chi connectivity index (χ0n) is 10.9. The van der Waals surface area contributed by atoms with Crippen molar-refractivity contribution in [2.24, 2.45) is 5.92 Å². The van der Waals surface area contributed by atoms with Crippen molar-refractivity contribution in [3.63, 3.8) is 0 Å². The molecule has 19 heavy (non-hydrogen) atoms. The van der Waals surface area contributed by atoms with Crippen LogP contribution >= 0.6 is 0 Å². The van der Waals surface area contributed by atoms with Gasteiger partial charge in [-0.2, -0.15) is 0 Å². The number of fused-ring (bicyclic) bond motifs is 1. The van der Waals surface area contributed by atoms with Gasteiger partial charge in [-0.15, -0.1) is 0 Å². The van der Waals surface area contributed by atoms with Gasteiger partial charge in [0, 0.05) is 0 Å². The van der Waals surface area contributed by atoms with E-state index in [1.165, 1.54) is 29.7 Å². The summed E-state index contributed by atoms with van der Waals surface area (Å²) in [7, 11) is 0. The molecule has 0 bridgehead atoms. The molecule has 1 atom stereocenters. The van der Waals surface area contributed by atoms with Crippen LogP contribution in [-0.2, 0) is 12.8 Å². The Bertz CT molecular complexity index is 617. The highest BCUT2D eigenvalue weighted by atomic mass is 19.2. The van der Waals surface area contributed by atoms with Crippen LogP contribution in [-0.4, -0.2) is 0 Å². The monoisotopic (exact) mass is 258 g/mol. The van der Waals surface area contributed by atoms with Gasteiger partial charge in [-0.3, -0.25) is 0 Å². The third-order valence-corrected chi connectivity index (χ3v) is 3.93. The lowest BCUT2D eigenvalue weighted by Crippen LogP contribution is -2.11. The molecule has 0 saturated heterocycles. The van der Waals surface area contributed by atoms with E-state index >= 15 is 0 Å². The molecule has 2 aromatic rings. The maximum Gasteiger partial charge on any atom is 0.159 e. The molecule has 3 rings (SSSR count). The van der Waals surface area contributed by atoms with Crippen molar-refractivity contribution in [1.29, 1.82) is 0 Å². The summed E-state index contributed by atoms with van der Waals surface area (Å²) in [6.07, 6.45) is 3.40. The first-order chi connectivity index (χ1) is 9.13. The molecule has 0 aromatic heterocycles. The van der Waals surface area contributed by atoms with E-state index in [1.807, 2.05) is 6.07 Å². The molecule has 2 heteroatoms. The second kappa shape index (κ2) is 4.76. The summed E-state index contributed by atoms with van der Waals surface area (Å²) >= 11 is 0. The van der Waals surface area contributed by atoms with Gasteiger partial charge in [0.1, 0.15) is 0 Å². The van der Waals surface area contributed by atoms with Crippen molar-refractivity contribution >= 4 is 0 Å². The standard InChI is InChI=1S/C17H16F2/c1-11-2-3-13-9-14(5-4-12(13)8-11)15-6-7-16(18)17(19)10-15/h4-7,9-11H,2-3,8H2,1H3. The average molecular weight is 258 g/mol. The number of hydrogen-bond donors (Lipinski definition) is 0. The molecule has 0 saturated carbocycles. The predicted octanol–water partition coefficient (Wildman–Crippen LogP) is 4.76. The van der Waals surface area contributed by atoms with Gasteiger partial charge in [0.15, 0.2) is 11.6 Å². The van der Waals surface area contributed by atoms with Gasteiger partial charge >= 0.3 is 0 Å². The van der Waals surface area contributed by atoms with E-state index in [4.69, 9.17) is 0 Å². The number of benzene rings is 2. The predicted molar refractivity (Wildman–Crippen MR) is 73.0 cm³/mol. The van der Waals surface area contributed by atoms with Gasteiger partial charge in [-0.25, -0.2) is 8.78 Å². The second-order valence-corrected chi connectivity index (χ2v) is 5.46. The Morgan fingerprint density at radius 1 is 0.895 bits per heavy atom. The molecule has 0 nitrogen and oxygen atoms in total. The zero-order chi connectivity index (χ0) is 13.4. The molecule has 2 aromatic carbocycles. The van der Waals surface area contributed by atoms with E-state index in [0.29, 0.717) is 0 Å². The van der Waals surface area contributed by atoms with Gasteiger partial charge in [0.25, 0.3) is 0 Å². The van der Waals surface area contributed by atoms with Crippen molar-refractivity contribution in [2.75, 3.05) is 0 Å². The van der Waals surface area contributed by atoms with Crippen LogP contribution in [0.15, 0.2) is 36.4 Å². The quantitative estimate of drug-likeness (QED) is 0.692. The summed E-state index contributed by atoms with van der Waals surface area (Å²) in [4.78, 5) is 0. The highest BCUT2D eigenvalue weighted by Crippen LogP contribution is 2.30. The lowest BCUT2D eigenvalue weighted by Gasteiger charge is -2.22. The molecule has 0 aliphatic heterocycles. The fourth-order valence-electron chi connectivity index (χ4n) is 2.79. The summed E-state index contributed by atoms with van der Waals surface area (Å²) in [6, 6.07) is 10.3. The van der Waals surface area contributed by atoms with Gasteiger partial charge < -0.3 is 0 Å². The van der Waals surface area contributed by atoms with E-state index in [2.05, 4.69) is 19.1 Å². The molecular weight excluding hydrogens is 242 g/mol. The number of rotatable bonds is 1. The molecule has 0 N–H and O–H groups in total. The minimum absolute atomic E-state index is 0.736. The minimum Gasteiger partial charge on any atom is -0.204 e. The summed E-state index contributed by atoms with van der Waals surface area (Å²) in [5, 5.41) is 0. The molecule has 0 spiro atoms. The van der Waals surface area contributed by atoms with Gasteiger partial charge in [-0.05, 0) is 59.6 Å². The third-order valence-electron chi connectivity index (χ3n) is 3.93.